The zero-order valence-corrected chi connectivity index (χ0v) is 11.5. The lowest BCUT2D eigenvalue weighted by molar-refractivity contribution is -0.137. The topological polar surface area (TPSA) is 66.4 Å². The van der Waals surface area contributed by atoms with Crippen molar-refractivity contribution in [2.75, 3.05) is 12.8 Å². The van der Waals surface area contributed by atoms with Crippen LogP contribution in [0.15, 0.2) is 0 Å². The Kier molecular flexibility index (Phi) is 10.0. The largest absolute Gasteiger partial charge is 0.481 e. The van der Waals surface area contributed by atoms with Crippen molar-refractivity contribution in [1.82, 2.24) is 5.32 Å². The SMILES string of the molecule is CSC(C)C(=O)NCCCCCCCC(=O)O. The summed E-state index contributed by atoms with van der Waals surface area (Å²) in [6, 6.07) is 0. The lowest BCUT2D eigenvalue weighted by Crippen LogP contribution is -2.31. The molecule has 1 unspecified atom stereocenters. The number of hydrogen-bond donors (Lipinski definition) is 2. The van der Waals surface area contributed by atoms with Crippen LogP contribution in [0.5, 0.6) is 0 Å². The number of nitrogens with one attached hydrogen (secondary N) is 1. The molecular formula is C12H23NO3S. The molecule has 0 fully saturated rings. The molecular weight excluding hydrogens is 238 g/mol. The van der Waals surface area contributed by atoms with Crippen molar-refractivity contribution in [3.63, 3.8) is 0 Å². The summed E-state index contributed by atoms with van der Waals surface area (Å²) >= 11 is 1.54. The van der Waals surface area contributed by atoms with E-state index in [9.17, 15) is 9.59 Å². The van der Waals surface area contributed by atoms with Gasteiger partial charge in [-0.2, -0.15) is 11.8 Å². The molecule has 0 bridgehead atoms. The zero-order chi connectivity index (χ0) is 13.1. The van der Waals surface area contributed by atoms with Crippen LogP contribution in [0.4, 0.5) is 0 Å². The molecule has 0 aromatic heterocycles. The van der Waals surface area contributed by atoms with E-state index >= 15 is 0 Å². The van der Waals surface area contributed by atoms with Crippen LogP contribution < -0.4 is 5.32 Å². The molecule has 1 atom stereocenters. The number of aliphatic carboxylic acids is 1. The molecule has 0 aliphatic rings. The summed E-state index contributed by atoms with van der Waals surface area (Å²) in [7, 11) is 0. The number of unbranched alkanes of at least 4 members (excludes halogenated alkanes) is 4. The summed E-state index contributed by atoms with van der Waals surface area (Å²) in [4.78, 5) is 21.6. The highest BCUT2D eigenvalue weighted by molar-refractivity contribution is 7.99. The Morgan fingerprint density at radius 2 is 1.76 bits per heavy atom. The van der Waals surface area contributed by atoms with Gasteiger partial charge in [0.05, 0.1) is 5.25 Å². The second-order valence-electron chi connectivity index (χ2n) is 4.08. The Hall–Kier alpha value is -0.710. The molecule has 100 valence electrons. The quantitative estimate of drug-likeness (QED) is 0.592. The monoisotopic (exact) mass is 261 g/mol. The minimum atomic E-state index is -0.719. The number of carbonyl (C=O) groups is 2. The number of carbonyl (C=O) groups excluding carboxylic acids is 1. The highest BCUT2D eigenvalue weighted by Gasteiger charge is 2.09. The second-order valence-corrected chi connectivity index (χ2v) is 5.26. The van der Waals surface area contributed by atoms with E-state index in [4.69, 9.17) is 5.11 Å². The smallest absolute Gasteiger partial charge is 0.303 e. The minimum absolute atomic E-state index is 0.0190. The van der Waals surface area contributed by atoms with Gasteiger partial charge in [-0.05, 0) is 26.0 Å². The highest BCUT2D eigenvalue weighted by Crippen LogP contribution is 2.06. The van der Waals surface area contributed by atoms with Crippen LogP contribution in [0.2, 0.25) is 0 Å². The molecule has 17 heavy (non-hydrogen) atoms. The summed E-state index contributed by atoms with van der Waals surface area (Å²) in [5.41, 5.74) is 0. The van der Waals surface area contributed by atoms with Crippen molar-refractivity contribution in [3.05, 3.63) is 0 Å². The van der Waals surface area contributed by atoms with Gasteiger partial charge in [-0.15, -0.1) is 0 Å². The predicted octanol–water partition coefficient (Wildman–Crippen LogP) is 2.28. The Balaban J connectivity index is 3.24. The number of carboxylic acids is 1. The van der Waals surface area contributed by atoms with Gasteiger partial charge in [0.15, 0.2) is 0 Å². The maximum Gasteiger partial charge on any atom is 0.303 e. The van der Waals surface area contributed by atoms with E-state index in [2.05, 4.69) is 5.32 Å². The minimum Gasteiger partial charge on any atom is -0.481 e. The normalized spacial score (nSPS) is 12.1. The molecule has 2 N–H and O–H groups in total. The van der Waals surface area contributed by atoms with E-state index < -0.39 is 5.97 Å². The van der Waals surface area contributed by atoms with Gasteiger partial charge in [-0.1, -0.05) is 19.3 Å². The van der Waals surface area contributed by atoms with Crippen molar-refractivity contribution in [2.45, 2.75) is 50.7 Å². The van der Waals surface area contributed by atoms with Gasteiger partial charge in [0.2, 0.25) is 5.91 Å². The van der Waals surface area contributed by atoms with Crippen molar-refractivity contribution in [2.24, 2.45) is 0 Å². The first-order valence-corrected chi connectivity index (χ1v) is 7.39. The van der Waals surface area contributed by atoms with Crippen molar-refractivity contribution in [3.8, 4) is 0 Å². The first kappa shape index (κ1) is 16.3. The van der Waals surface area contributed by atoms with Crippen LogP contribution in [0.3, 0.4) is 0 Å². The second kappa shape index (κ2) is 10.4. The van der Waals surface area contributed by atoms with Gasteiger partial charge in [0, 0.05) is 13.0 Å². The molecule has 0 aliphatic heterocycles. The van der Waals surface area contributed by atoms with Crippen LogP contribution in [0.1, 0.15) is 45.4 Å². The molecule has 0 rings (SSSR count). The summed E-state index contributed by atoms with van der Waals surface area (Å²) < 4.78 is 0. The van der Waals surface area contributed by atoms with Gasteiger partial charge in [-0.25, -0.2) is 0 Å². The Labute approximate surface area is 108 Å². The van der Waals surface area contributed by atoms with E-state index in [1.807, 2.05) is 13.2 Å². The van der Waals surface area contributed by atoms with Gasteiger partial charge in [-0.3, -0.25) is 9.59 Å². The maximum absolute atomic E-state index is 11.4. The van der Waals surface area contributed by atoms with Gasteiger partial charge in [0.25, 0.3) is 0 Å². The fourth-order valence-corrected chi connectivity index (χ4v) is 1.69. The average Bonchev–Trinajstić information content (AvgIpc) is 2.30. The fourth-order valence-electron chi connectivity index (χ4n) is 1.39. The third-order valence-electron chi connectivity index (χ3n) is 2.59. The lowest BCUT2D eigenvalue weighted by atomic mass is 10.1. The Bertz CT molecular complexity index is 234. The summed E-state index contributed by atoms with van der Waals surface area (Å²) in [5.74, 6) is -0.619. The van der Waals surface area contributed by atoms with Crippen molar-refractivity contribution >= 4 is 23.6 Å². The lowest BCUT2D eigenvalue weighted by Gasteiger charge is -2.09. The number of hydrogen-bond acceptors (Lipinski definition) is 3. The molecule has 0 aromatic rings. The third-order valence-corrected chi connectivity index (χ3v) is 3.51. The van der Waals surface area contributed by atoms with Crippen molar-refractivity contribution < 1.29 is 14.7 Å². The Morgan fingerprint density at radius 3 is 2.35 bits per heavy atom. The number of amides is 1. The average molecular weight is 261 g/mol. The van der Waals surface area contributed by atoms with Gasteiger partial charge < -0.3 is 10.4 Å². The molecule has 4 nitrogen and oxygen atoms in total. The molecule has 1 amide bonds. The molecule has 0 heterocycles. The van der Waals surface area contributed by atoms with E-state index in [1.165, 1.54) is 0 Å². The van der Waals surface area contributed by atoms with Gasteiger partial charge >= 0.3 is 5.97 Å². The molecule has 5 heteroatoms. The van der Waals surface area contributed by atoms with Crippen LogP contribution in [0.25, 0.3) is 0 Å². The molecule has 0 saturated carbocycles. The summed E-state index contributed by atoms with van der Waals surface area (Å²) in [6.07, 6.45) is 6.97. The van der Waals surface area contributed by atoms with Gasteiger partial charge in [0.1, 0.15) is 0 Å². The van der Waals surface area contributed by atoms with E-state index in [0.717, 1.165) is 38.6 Å². The first-order chi connectivity index (χ1) is 8.07. The predicted molar refractivity (Wildman–Crippen MR) is 71.3 cm³/mol. The van der Waals surface area contributed by atoms with Crippen LogP contribution >= 0.6 is 11.8 Å². The molecule has 0 aliphatic carbocycles. The summed E-state index contributed by atoms with van der Waals surface area (Å²) in [5, 5.41) is 11.3. The van der Waals surface area contributed by atoms with E-state index in [0.29, 0.717) is 0 Å². The number of rotatable bonds is 10. The van der Waals surface area contributed by atoms with Crippen LogP contribution in [-0.4, -0.2) is 35.0 Å². The molecule has 0 spiro atoms. The standard InChI is InChI=1S/C12H23NO3S/c1-10(17-2)12(16)13-9-7-5-3-4-6-8-11(14)15/h10H,3-9H2,1-2H3,(H,13,16)(H,14,15). The van der Waals surface area contributed by atoms with Crippen LogP contribution in [0, 0.1) is 0 Å². The van der Waals surface area contributed by atoms with Crippen molar-refractivity contribution in [1.29, 1.82) is 0 Å². The third kappa shape index (κ3) is 10.2. The summed E-state index contributed by atoms with van der Waals surface area (Å²) in [6.45, 7) is 2.62. The highest BCUT2D eigenvalue weighted by atomic mass is 32.2. The molecule has 0 radical (unpaired) electrons. The molecule has 0 saturated heterocycles. The van der Waals surface area contributed by atoms with E-state index in [1.54, 1.807) is 11.8 Å². The van der Waals surface area contributed by atoms with Crippen LogP contribution in [-0.2, 0) is 9.59 Å². The zero-order valence-electron chi connectivity index (χ0n) is 10.7. The first-order valence-electron chi connectivity index (χ1n) is 6.10. The maximum atomic E-state index is 11.4. The number of carboxylic acid groups (broad SMARTS) is 1. The number of thioether (sulfide) groups is 1. The Morgan fingerprint density at radius 1 is 1.18 bits per heavy atom. The van der Waals surface area contributed by atoms with E-state index in [-0.39, 0.29) is 17.6 Å². The fraction of sp³-hybridized carbons (Fsp3) is 0.833. The molecule has 0 aromatic carbocycles.